The summed E-state index contributed by atoms with van der Waals surface area (Å²) in [6.07, 6.45) is 6.13. The molecule has 3 saturated carbocycles. The number of Topliss-reactive ketones (excluding diaryl/α,β-unsaturated/α-hetero) is 1. The third kappa shape index (κ3) is 3.71. The number of hydrogen-bond acceptors (Lipinski definition) is 4. The van der Waals surface area contributed by atoms with Crippen molar-refractivity contribution >= 4 is 12.9 Å². The third-order valence-corrected chi connectivity index (χ3v) is 9.39. The van der Waals surface area contributed by atoms with Crippen LogP contribution in [0.4, 0.5) is 0 Å². The van der Waals surface area contributed by atoms with Gasteiger partial charge in [-0.2, -0.15) is 0 Å². The monoisotopic (exact) mass is 423 g/mol. The first kappa shape index (κ1) is 21.7. The van der Waals surface area contributed by atoms with Gasteiger partial charge in [-0.3, -0.25) is 4.79 Å². The Balaban J connectivity index is 1.33. The molecule has 0 aromatic heterocycles. The number of carbonyl (C=O) groups excluding carboxylic acids is 1. The minimum absolute atomic E-state index is 0.0315. The molecule has 0 amide bonds. The SMILES string of the molecule is C[C@@H](B1OC2CC3CC(C3(C)C)[C@@]2(C)O1)[C@H](CC(=O)[C@@H]1CCCN1)Cc1ccccc1. The van der Waals surface area contributed by atoms with Gasteiger partial charge in [0.2, 0.25) is 0 Å². The summed E-state index contributed by atoms with van der Waals surface area (Å²) in [5.74, 6) is 2.07. The Morgan fingerprint density at radius 1 is 1.23 bits per heavy atom. The van der Waals surface area contributed by atoms with Crippen LogP contribution in [0, 0.1) is 23.2 Å². The van der Waals surface area contributed by atoms with E-state index in [0.29, 0.717) is 23.5 Å². The summed E-state index contributed by atoms with van der Waals surface area (Å²) in [6.45, 7) is 10.3. The lowest BCUT2D eigenvalue weighted by molar-refractivity contribution is -0.199. The highest BCUT2D eigenvalue weighted by molar-refractivity contribution is 6.47. The zero-order valence-electron chi connectivity index (χ0n) is 19.6. The number of nitrogens with one attached hydrogen (secondary N) is 1. The van der Waals surface area contributed by atoms with Crippen molar-refractivity contribution in [2.75, 3.05) is 6.54 Å². The fraction of sp³-hybridized carbons (Fsp3) is 0.731. The van der Waals surface area contributed by atoms with Gasteiger partial charge in [0.1, 0.15) is 5.78 Å². The Labute approximate surface area is 188 Å². The summed E-state index contributed by atoms with van der Waals surface area (Å²) in [6, 6.07) is 10.6. The van der Waals surface area contributed by atoms with Crippen molar-refractivity contribution < 1.29 is 14.1 Å². The van der Waals surface area contributed by atoms with E-state index >= 15 is 0 Å². The van der Waals surface area contributed by atoms with Crippen LogP contribution >= 0.6 is 0 Å². The molecule has 1 aromatic carbocycles. The van der Waals surface area contributed by atoms with Crippen molar-refractivity contribution in [2.24, 2.45) is 23.2 Å². The van der Waals surface area contributed by atoms with Crippen LogP contribution in [0.25, 0.3) is 0 Å². The standard InChI is InChI=1S/C26H38BNO3/c1-17(27-30-24-16-20-15-23(25(20,2)3)26(24,4)31-27)19(13-18-9-6-5-7-10-18)14-22(29)21-11-8-12-28-21/h5-7,9-10,17,19-21,23-24,28H,8,11-16H2,1-4H3/t17-,19+,20?,21+,23?,24?,26-/m1/s1. The molecule has 3 unspecified atom stereocenters. The first-order valence-corrected chi connectivity index (χ1v) is 12.4. The molecule has 5 heteroatoms. The predicted molar refractivity (Wildman–Crippen MR) is 124 cm³/mol. The van der Waals surface area contributed by atoms with E-state index in [1.807, 2.05) is 0 Å². The van der Waals surface area contributed by atoms with E-state index in [1.54, 1.807) is 0 Å². The second-order valence-electron chi connectivity index (χ2n) is 11.5. The van der Waals surface area contributed by atoms with Crippen molar-refractivity contribution in [1.82, 2.24) is 5.32 Å². The fourth-order valence-corrected chi connectivity index (χ4v) is 7.07. The second kappa shape index (κ2) is 8.00. The van der Waals surface area contributed by atoms with E-state index < -0.39 is 0 Å². The number of hydrogen-bond donors (Lipinski definition) is 1. The third-order valence-electron chi connectivity index (χ3n) is 9.39. The number of ketones is 1. The quantitative estimate of drug-likeness (QED) is 0.648. The smallest absolute Gasteiger partial charge is 0.405 e. The maximum Gasteiger partial charge on any atom is 0.461 e. The highest BCUT2D eigenvalue weighted by Gasteiger charge is 2.68. The predicted octanol–water partition coefficient (Wildman–Crippen LogP) is 4.67. The summed E-state index contributed by atoms with van der Waals surface area (Å²) >= 11 is 0. The molecule has 2 aliphatic heterocycles. The topological polar surface area (TPSA) is 47.6 Å². The molecule has 6 rings (SSSR count). The van der Waals surface area contributed by atoms with Gasteiger partial charge in [-0.1, -0.05) is 51.1 Å². The molecule has 168 valence electrons. The zero-order chi connectivity index (χ0) is 21.8. The highest BCUT2D eigenvalue weighted by atomic mass is 16.7. The van der Waals surface area contributed by atoms with Gasteiger partial charge in [-0.15, -0.1) is 0 Å². The highest BCUT2D eigenvalue weighted by Crippen LogP contribution is 2.66. The van der Waals surface area contributed by atoms with Gasteiger partial charge in [-0.05, 0) is 80.1 Å². The molecule has 1 N–H and O–H groups in total. The normalized spacial score (nSPS) is 37.7. The van der Waals surface area contributed by atoms with Crippen LogP contribution in [0.3, 0.4) is 0 Å². The largest absolute Gasteiger partial charge is 0.461 e. The van der Waals surface area contributed by atoms with E-state index in [4.69, 9.17) is 9.31 Å². The summed E-state index contributed by atoms with van der Waals surface area (Å²) in [7, 11) is -0.219. The summed E-state index contributed by atoms with van der Waals surface area (Å²) in [5, 5.41) is 3.39. The van der Waals surface area contributed by atoms with Crippen LogP contribution in [0.2, 0.25) is 5.82 Å². The Morgan fingerprint density at radius 3 is 2.68 bits per heavy atom. The first-order chi connectivity index (χ1) is 14.8. The van der Waals surface area contributed by atoms with E-state index in [2.05, 4.69) is 63.3 Å². The molecular formula is C26H38BNO3. The molecule has 4 nitrogen and oxygen atoms in total. The van der Waals surface area contributed by atoms with Crippen LogP contribution in [-0.2, 0) is 20.5 Å². The van der Waals surface area contributed by atoms with Gasteiger partial charge in [0.15, 0.2) is 0 Å². The average Bonchev–Trinajstić information content (AvgIpc) is 3.40. The van der Waals surface area contributed by atoms with Gasteiger partial charge >= 0.3 is 7.12 Å². The minimum Gasteiger partial charge on any atom is -0.405 e. The van der Waals surface area contributed by atoms with Crippen molar-refractivity contribution in [3.05, 3.63) is 35.9 Å². The molecule has 0 radical (unpaired) electrons. The van der Waals surface area contributed by atoms with Crippen LogP contribution in [0.15, 0.2) is 30.3 Å². The molecule has 31 heavy (non-hydrogen) atoms. The molecular weight excluding hydrogens is 385 g/mol. The number of benzene rings is 1. The number of rotatable bonds is 7. The lowest BCUT2D eigenvalue weighted by Gasteiger charge is -2.64. The maximum absolute atomic E-state index is 13.1. The van der Waals surface area contributed by atoms with Crippen LogP contribution < -0.4 is 5.32 Å². The van der Waals surface area contributed by atoms with Gasteiger partial charge < -0.3 is 14.6 Å². The summed E-state index contributed by atoms with van der Waals surface area (Å²) in [5.41, 5.74) is 1.45. The van der Waals surface area contributed by atoms with Crippen LogP contribution in [0.5, 0.6) is 0 Å². The van der Waals surface area contributed by atoms with Gasteiger partial charge in [0, 0.05) is 6.42 Å². The molecule has 7 atom stereocenters. The van der Waals surface area contributed by atoms with Crippen molar-refractivity contribution in [3.8, 4) is 0 Å². The van der Waals surface area contributed by atoms with Gasteiger partial charge in [-0.25, -0.2) is 0 Å². The van der Waals surface area contributed by atoms with Crippen molar-refractivity contribution in [2.45, 2.75) is 89.8 Å². The molecule has 5 aliphatic rings. The summed E-state index contributed by atoms with van der Waals surface area (Å²) < 4.78 is 13.4. The van der Waals surface area contributed by atoms with Gasteiger partial charge in [0.05, 0.1) is 17.7 Å². The number of carbonyl (C=O) groups is 1. The summed E-state index contributed by atoms with van der Waals surface area (Å²) in [4.78, 5) is 13.1. The Hall–Kier alpha value is -1.17. The van der Waals surface area contributed by atoms with E-state index in [-0.39, 0.29) is 36.6 Å². The first-order valence-electron chi connectivity index (χ1n) is 12.4. The molecule has 1 aromatic rings. The Morgan fingerprint density at radius 2 is 2.00 bits per heavy atom. The Bertz CT molecular complexity index is 808. The van der Waals surface area contributed by atoms with Crippen LogP contribution in [0.1, 0.15) is 65.4 Å². The van der Waals surface area contributed by atoms with Crippen molar-refractivity contribution in [3.63, 3.8) is 0 Å². The zero-order valence-corrected chi connectivity index (χ0v) is 19.6. The molecule has 2 bridgehead atoms. The van der Waals surface area contributed by atoms with E-state index in [1.165, 1.54) is 12.0 Å². The molecule has 3 aliphatic carbocycles. The lowest BCUT2D eigenvalue weighted by Crippen LogP contribution is -2.65. The lowest BCUT2D eigenvalue weighted by atomic mass is 9.43. The molecule has 2 saturated heterocycles. The molecule has 0 spiro atoms. The minimum atomic E-state index is -0.219. The van der Waals surface area contributed by atoms with E-state index in [9.17, 15) is 4.79 Å². The fourth-order valence-electron chi connectivity index (χ4n) is 7.07. The van der Waals surface area contributed by atoms with Crippen LogP contribution in [-0.4, -0.2) is 37.2 Å². The molecule has 2 heterocycles. The average molecular weight is 423 g/mol. The van der Waals surface area contributed by atoms with Crippen molar-refractivity contribution in [1.29, 1.82) is 0 Å². The van der Waals surface area contributed by atoms with Gasteiger partial charge in [0.25, 0.3) is 0 Å². The Kier molecular flexibility index (Phi) is 5.59. The molecule has 5 fully saturated rings. The van der Waals surface area contributed by atoms with E-state index in [0.717, 1.165) is 38.1 Å². The maximum atomic E-state index is 13.1. The second-order valence-corrected chi connectivity index (χ2v) is 11.5.